The standard InChI is InChI=1S/C19H28N2/c1-15(2)21-14-17(13-20-10-6-4-5-7-11-20)18-9-8-16(3)12-19(18)21/h8-9,12,14-15H,4-7,10-11,13H2,1-3H3. The van der Waals surface area contributed by atoms with Crippen molar-refractivity contribution in [2.24, 2.45) is 0 Å². The molecule has 2 heteroatoms. The van der Waals surface area contributed by atoms with Crippen LogP contribution in [0.4, 0.5) is 0 Å². The van der Waals surface area contributed by atoms with Gasteiger partial charge < -0.3 is 4.57 Å². The Morgan fingerprint density at radius 2 is 1.76 bits per heavy atom. The van der Waals surface area contributed by atoms with Crippen molar-refractivity contribution < 1.29 is 0 Å². The van der Waals surface area contributed by atoms with Gasteiger partial charge in [-0.05, 0) is 63.9 Å². The fourth-order valence-electron chi connectivity index (χ4n) is 3.52. The molecule has 114 valence electrons. The van der Waals surface area contributed by atoms with Crippen LogP contribution in [0, 0.1) is 6.92 Å². The van der Waals surface area contributed by atoms with Gasteiger partial charge in [0.25, 0.3) is 0 Å². The van der Waals surface area contributed by atoms with Gasteiger partial charge in [0.2, 0.25) is 0 Å². The monoisotopic (exact) mass is 284 g/mol. The smallest absolute Gasteiger partial charge is 0.0488 e. The summed E-state index contributed by atoms with van der Waals surface area (Å²) in [5.41, 5.74) is 4.25. The molecule has 1 aromatic carbocycles. The van der Waals surface area contributed by atoms with Crippen LogP contribution in [-0.2, 0) is 6.54 Å². The van der Waals surface area contributed by atoms with Crippen LogP contribution in [0.2, 0.25) is 0 Å². The molecule has 2 heterocycles. The van der Waals surface area contributed by atoms with Crippen LogP contribution in [-0.4, -0.2) is 22.6 Å². The number of aromatic nitrogens is 1. The van der Waals surface area contributed by atoms with Crippen molar-refractivity contribution in [3.05, 3.63) is 35.5 Å². The molecule has 1 fully saturated rings. The summed E-state index contributed by atoms with van der Waals surface area (Å²) < 4.78 is 2.44. The summed E-state index contributed by atoms with van der Waals surface area (Å²) in [6.45, 7) is 10.4. The van der Waals surface area contributed by atoms with Gasteiger partial charge in [0.15, 0.2) is 0 Å². The first-order chi connectivity index (χ1) is 10.1. The summed E-state index contributed by atoms with van der Waals surface area (Å²) in [6, 6.07) is 7.42. The third-order valence-electron chi connectivity index (χ3n) is 4.72. The number of rotatable bonds is 3. The van der Waals surface area contributed by atoms with E-state index in [2.05, 4.69) is 54.6 Å². The molecule has 21 heavy (non-hydrogen) atoms. The summed E-state index contributed by atoms with van der Waals surface area (Å²) in [7, 11) is 0. The number of fused-ring (bicyclic) bond motifs is 1. The zero-order chi connectivity index (χ0) is 14.8. The SMILES string of the molecule is Cc1ccc2c(CN3CCCCCC3)cn(C(C)C)c2c1. The Balaban J connectivity index is 1.94. The molecule has 1 saturated heterocycles. The second-order valence-electron chi connectivity index (χ2n) is 6.87. The summed E-state index contributed by atoms with van der Waals surface area (Å²) >= 11 is 0. The Bertz CT molecular complexity index is 601. The molecule has 1 aromatic heterocycles. The van der Waals surface area contributed by atoms with Crippen LogP contribution in [0.15, 0.2) is 24.4 Å². The Morgan fingerprint density at radius 1 is 1.05 bits per heavy atom. The molecule has 3 rings (SSSR count). The lowest BCUT2D eigenvalue weighted by Gasteiger charge is -2.19. The Kier molecular flexibility index (Phi) is 4.34. The number of likely N-dealkylation sites (tertiary alicyclic amines) is 1. The maximum absolute atomic E-state index is 2.65. The molecule has 0 radical (unpaired) electrons. The highest BCUT2D eigenvalue weighted by Gasteiger charge is 2.15. The average Bonchev–Trinajstić information content (AvgIpc) is 2.62. The average molecular weight is 284 g/mol. The molecule has 2 aromatic rings. The van der Waals surface area contributed by atoms with Crippen molar-refractivity contribution in [1.82, 2.24) is 9.47 Å². The Hall–Kier alpha value is -1.28. The Morgan fingerprint density at radius 3 is 2.43 bits per heavy atom. The molecular weight excluding hydrogens is 256 g/mol. The van der Waals surface area contributed by atoms with E-state index in [-0.39, 0.29) is 0 Å². The maximum atomic E-state index is 2.65. The number of hydrogen-bond acceptors (Lipinski definition) is 1. The lowest BCUT2D eigenvalue weighted by Crippen LogP contribution is -2.23. The van der Waals surface area contributed by atoms with Gasteiger partial charge in [-0.15, -0.1) is 0 Å². The molecule has 0 bridgehead atoms. The van der Waals surface area contributed by atoms with Gasteiger partial charge in [0.05, 0.1) is 0 Å². The highest BCUT2D eigenvalue weighted by atomic mass is 15.1. The van der Waals surface area contributed by atoms with Gasteiger partial charge >= 0.3 is 0 Å². The van der Waals surface area contributed by atoms with Crippen molar-refractivity contribution in [1.29, 1.82) is 0 Å². The van der Waals surface area contributed by atoms with E-state index in [4.69, 9.17) is 0 Å². The fourth-order valence-corrected chi connectivity index (χ4v) is 3.52. The van der Waals surface area contributed by atoms with Crippen molar-refractivity contribution in [3.63, 3.8) is 0 Å². The molecule has 0 aliphatic carbocycles. The first-order valence-corrected chi connectivity index (χ1v) is 8.47. The van der Waals surface area contributed by atoms with Crippen LogP contribution >= 0.6 is 0 Å². The number of hydrogen-bond donors (Lipinski definition) is 0. The van der Waals surface area contributed by atoms with Crippen LogP contribution in [0.1, 0.15) is 56.7 Å². The fraction of sp³-hybridized carbons (Fsp3) is 0.579. The van der Waals surface area contributed by atoms with E-state index in [9.17, 15) is 0 Å². The minimum atomic E-state index is 0.521. The number of benzene rings is 1. The van der Waals surface area contributed by atoms with Gasteiger partial charge in [-0.1, -0.05) is 25.0 Å². The minimum absolute atomic E-state index is 0.521. The zero-order valence-electron chi connectivity index (χ0n) is 13.7. The summed E-state index contributed by atoms with van der Waals surface area (Å²) in [5, 5.41) is 1.44. The zero-order valence-corrected chi connectivity index (χ0v) is 13.7. The topological polar surface area (TPSA) is 8.17 Å². The van der Waals surface area contributed by atoms with Crippen LogP contribution < -0.4 is 0 Å². The molecule has 0 atom stereocenters. The van der Waals surface area contributed by atoms with Crippen molar-refractivity contribution in [3.8, 4) is 0 Å². The molecule has 0 saturated carbocycles. The Labute approximate surface area is 128 Å². The normalized spacial score (nSPS) is 17.5. The van der Waals surface area contributed by atoms with E-state index < -0.39 is 0 Å². The van der Waals surface area contributed by atoms with E-state index in [1.807, 2.05) is 0 Å². The molecule has 0 amide bonds. The lowest BCUT2D eigenvalue weighted by molar-refractivity contribution is 0.277. The van der Waals surface area contributed by atoms with Crippen LogP contribution in [0.3, 0.4) is 0 Å². The quantitative estimate of drug-likeness (QED) is 0.777. The van der Waals surface area contributed by atoms with Crippen molar-refractivity contribution in [2.45, 2.75) is 59.0 Å². The molecule has 2 nitrogen and oxygen atoms in total. The predicted octanol–water partition coefficient (Wildman–Crippen LogP) is 4.91. The molecule has 0 N–H and O–H groups in total. The minimum Gasteiger partial charge on any atom is -0.345 e. The first-order valence-electron chi connectivity index (χ1n) is 8.47. The van der Waals surface area contributed by atoms with E-state index in [0.717, 1.165) is 6.54 Å². The highest BCUT2D eigenvalue weighted by Crippen LogP contribution is 2.27. The third-order valence-corrected chi connectivity index (χ3v) is 4.72. The van der Waals surface area contributed by atoms with E-state index in [0.29, 0.717) is 6.04 Å². The predicted molar refractivity (Wildman–Crippen MR) is 90.8 cm³/mol. The van der Waals surface area contributed by atoms with Gasteiger partial charge in [-0.2, -0.15) is 0 Å². The van der Waals surface area contributed by atoms with Crippen molar-refractivity contribution in [2.75, 3.05) is 13.1 Å². The largest absolute Gasteiger partial charge is 0.345 e. The van der Waals surface area contributed by atoms with E-state index in [1.165, 1.54) is 60.8 Å². The second kappa shape index (κ2) is 6.23. The second-order valence-corrected chi connectivity index (χ2v) is 6.87. The summed E-state index contributed by atoms with van der Waals surface area (Å²) in [6.07, 6.45) is 7.93. The van der Waals surface area contributed by atoms with Gasteiger partial charge in [-0.3, -0.25) is 4.90 Å². The molecule has 0 unspecified atom stereocenters. The van der Waals surface area contributed by atoms with Crippen molar-refractivity contribution >= 4 is 10.9 Å². The molecule has 1 aliphatic heterocycles. The molecule has 0 spiro atoms. The van der Waals surface area contributed by atoms with Crippen LogP contribution in [0.5, 0.6) is 0 Å². The van der Waals surface area contributed by atoms with E-state index >= 15 is 0 Å². The van der Waals surface area contributed by atoms with Gasteiger partial charge in [0, 0.05) is 29.7 Å². The number of nitrogens with zero attached hydrogens (tertiary/aromatic N) is 2. The van der Waals surface area contributed by atoms with Crippen LogP contribution in [0.25, 0.3) is 10.9 Å². The molecular formula is C19H28N2. The molecule has 1 aliphatic rings. The third kappa shape index (κ3) is 3.16. The van der Waals surface area contributed by atoms with E-state index in [1.54, 1.807) is 0 Å². The first kappa shape index (κ1) is 14.6. The van der Waals surface area contributed by atoms with Gasteiger partial charge in [-0.25, -0.2) is 0 Å². The summed E-state index contributed by atoms with van der Waals surface area (Å²) in [5.74, 6) is 0. The maximum Gasteiger partial charge on any atom is 0.0488 e. The number of aryl methyl sites for hydroxylation is 1. The highest BCUT2D eigenvalue weighted by molar-refractivity contribution is 5.84. The van der Waals surface area contributed by atoms with Gasteiger partial charge in [0.1, 0.15) is 0 Å². The lowest BCUT2D eigenvalue weighted by atomic mass is 10.1. The summed E-state index contributed by atoms with van der Waals surface area (Å²) in [4.78, 5) is 2.65.